The van der Waals surface area contributed by atoms with Crippen LogP contribution in [0.4, 0.5) is 0 Å². The summed E-state index contributed by atoms with van der Waals surface area (Å²) in [5.74, 6) is 0.0224. The molecule has 0 saturated heterocycles. The lowest BCUT2D eigenvalue weighted by Gasteiger charge is -2.13. The van der Waals surface area contributed by atoms with Crippen molar-refractivity contribution in [2.45, 2.75) is 39.3 Å². The van der Waals surface area contributed by atoms with Crippen LogP contribution in [0.15, 0.2) is 0 Å². The standard InChI is InChI=1S/C10H22N2O2/c1-5-8(2)11-7-10(13)12-6-9(3)14-4/h8-9,11H,5-7H2,1-4H3,(H,12,13). The van der Waals surface area contributed by atoms with E-state index in [1.807, 2.05) is 6.92 Å². The van der Waals surface area contributed by atoms with E-state index in [9.17, 15) is 4.79 Å². The molecule has 0 aromatic rings. The lowest BCUT2D eigenvalue weighted by Crippen LogP contribution is -2.40. The van der Waals surface area contributed by atoms with Crippen molar-refractivity contribution >= 4 is 5.91 Å². The molecule has 0 saturated carbocycles. The fourth-order valence-corrected chi connectivity index (χ4v) is 0.815. The van der Waals surface area contributed by atoms with E-state index in [-0.39, 0.29) is 12.0 Å². The minimum atomic E-state index is 0.0224. The molecule has 2 atom stereocenters. The molecule has 4 nitrogen and oxygen atoms in total. The number of ether oxygens (including phenoxy) is 1. The molecular weight excluding hydrogens is 180 g/mol. The molecule has 1 amide bonds. The third-order valence-electron chi connectivity index (χ3n) is 2.21. The molecule has 0 bridgehead atoms. The minimum Gasteiger partial charge on any atom is -0.380 e. The maximum Gasteiger partial charge on any atom is 0.234 e. The fourth-order valence-electron chi connectivity index (χ4n) is 0.815. The molecule has 0 rings (SSSR count). The maximum absolute atomic E-state index is 11.3. The highest BCUT2D eigenvalue weighted by atomic mass is 16.5. The van der Waals surface area contributed by atoms with E-state index in [2.05, 4.69) is 24.5 Å². The zero-order valence-electron chi connectivity index (χ0n) is 9.59. The molecular formula is C10H22N2O2. The van der Waals surface area contributed by atoms with Crippen molar-refractivity contribution in [3.8, 4) is 0 Å². The van der Waals surface area contributed by atoms with Crippen molar-refractivity contribution in [1.82, 2.24) is 10.6 Å². The van der Waals surface area contributed by atoms with Gasteiger partial charge in [0, 0.05) is 19.7 Å². The van der Waals surface area contributed by atoms with Crippen molar-refractivity contribution in [3.05, 3.63) is 0 Å². The Labute approximate surface area is 86.4 Å². The Morgan fingerprint density at radius 3 is 2.57 bits per heavy atom. The van der Waals surface area contributed by atoms with Gasteiger partial charge in [-0.1, -0.05) is 6.92 Å². The van der Waals surface area contributed by atoms with Crippen LogP contribution in [0.25, 0.3) is 0 Å². The fraction of sp³-hybridized carbons (Fsp3) is 0.900. The molecule has 84 valence electrons. The van der Waals surface area contributed by atoms with Gasteiger partial charge >= 0.3 is 0 Å². The number of amides is 1. The Kier molecular flexibility index (Phi) is 7.42. The van der Waals surface area contributed by atoms with E-state index in [0.29, 0.717) is 19.1 Å². The van der Waals surface area contributed by atoms with Gasteiger partial charge < -0.3 is 15.4 Å². The predicted molar refractivity (Wildman–Crippen MR) is 57.2 cm³/mol. The second-order valence-corrected chi connectivity index (χ2v) is 3.54. The molecule has 0 heterocycles. The third kappa shape index (κ3) is 6.86. The smallest absolute Gasteiger partial charge is 0.234 e. The zero-order valence-corrected chi connectivity index (χ0v) is 9.59. The van der Waals surface area contributed by atoms with Gasteiger partial charge in [-0.25, -0.2) is 0 Å². The first-order chi connectivity index (χ1) is 6.60. The highest BCUT2D eigenvalue weighted by Crippen LogP contribution is 1.86. The van der Waals surface area contributed by atoms with Crippen molar-refractivity contribution in [2.24, 2.45) is 0 Å². The Morgan fingerprint density at radius 1 is 1.43 bits per heavy atom. The molecule has 0 aliphatic carbocycles. The number of hydrogen-bond donors (Lipinski definition) is 2. The topological polar surface area (TPSA) is 50.4 Å². The summed E-state index contributed by atoms with van der Waals surface area (Å²) in [5.41, 5.74) is 0. The first-order valence-corrected chi connectivity index (χ1v) is 5.13. The third-order valence-corrected chi connectivity index (χ3v) is 2.21. The number of methoxy groups -OCH3 is 1. The molecule has 0 spiro atoms. The summed E-state index contributed by atoms with van der Waals surface area (Å²) in [5, 5.41) is 5.91. The van der Waals surface area contributed by atoms with Gasteiger partial charge in [0.05, 0.1) is 12.6 Å². The van der Waals surface area contributed by atoms with E-state index < -0.39 is 0 Å². The predicted octanol–water partition coefficient (Wildman–Crippen LogP) is 0.526. The number of nitrogens with one attached hydrogen (secondary N) is 2. The summed E-state index contributed by atoms with van der Waals surface area (Å²) in [4.78, 5) is 11.3. The van der Waals surface area contributed by atoms with Crippen LogP contribution in [-0.4, -0.2) is 38.3 Å². The molecule has 0 radical (unpaired) electrons. The number of rotatable bonds is 7. The van der Waals surface area contributed by atoms with Crippen LogP contribution in [0.1, 0.15) is 27.2 Å². The monoisotopic (exact) mass is 202 g/mol. The number of carbonyl (C=O) groups excluding carboxylic acids is 1. The summed E-state index contributed by atoms with van der Waals surface area (Å²) in [6.07, 6.45) is 1.10. The van der Waals surface area contributed by atoms with Gasteiger partial charge in [0.25, 0.3) is 0 Å². The molecule has 2 unspecified atom stereocenters. The van der Waals surface area contributed by atoms with E-state index in [1.165, 1.54) is 0 Å². The Hall–Kier alpha value is -0.610. The van der Waals surface area contributed by atoms with E-state index in [4.69, 9.17) is 4.74 Å². The van der Waals surface area contributed by atoms with Crippen LogP contribution in [0, 0.1) is 0 Å². The molecule has 14 heavy (non-hydrogen) atoms. The summed E-state index contributed by atoms with van der Waals surface area (Å²) >= 11 is 0. The van der Waals surface area contributed by atoms with Crippen LogP contribution in [0.5, 0.6) is 0 Å². The van der Waals surface area contributed by atoms with Gasteiger partial charge in [0.2, 0.25) is 5.91 Å². The lowest BCUT2D eigenvalue weighted by atomic mass is 10.2. The molecule has 0 aliphatic heterocycles. The largest absolute Gasteiger partial charge is 0.380 e. The SMILES string of the molecule is CCC(C)NCC(=O)NCC(C)OC. The van der Waals surface area contributed by atoms with Crippen LogP contribution >= 0.6 is 0 Å². The molecule has 0 aromatic heterocycles. The van der Waals surface area contributed by atoms with E-state index in [1.54, 1.807) is 7.11 Å². The van der Waals surface area contributed by atoms with E-state index in [0.717, 1.165) is 6.42 Å². The van der Waals surface area contributed by atoms with Crippen LogP contribution in [0.2, 0.25) is 0 Å². The van der Waals surface area contributed by atoms with Crippen molar-refractivity contribution < 1.29 is 9.53 Å². The summed E-state index contributed by atoms with van der Waals surface area (Å²) < 4.78 is 5.01. The van der Waals surface area contributed by atoms with Crippen molar-refractivity contribution in [1.29, 1.82) is 0 Å². The van der Waals surface area contributed by atoms with Crippen LogP contribution in [0.3, 0.4) is 0 Å². The Balaban J connectivity index is 3.46. The summed E-state index contributed by atoms with van der Waals surface area (Å²) in [6.45, 7) is 7.01. The molecule has 4 heteroatoms. The Morgan fingerprint density at radius 2 is 2.07 bits per heavy atom. The normalized spacial score (nSPS) is 14.9. The zero-order chi connectivity index (χ0) is 11.0. The number of carbonyl (C=O) groups is 1. The number of hydrogen-bond acceptors (Lipinski definition) is 3. The summed E-state index contributed by atoms with van der Waals surface area (Å²) in [7, 11) is 1.63. The quantitative estimate of drug-likeness (QED) is 0.633. The molecule has 0 fully saturated rings. The van der Waals surface area contributed by atoms with Gasteiger partial charge in [-0.15, -0.1) is 0 Å². The van der Waals surface area contributed by atoms with Crippen LogP contribution in [-0.2, 0) is 9.53 Å². The maximum atomic E-state index is 11.3. The highest BCUT2D eigenvalue weighted by Gasteiger charge is 2.05. The molecule has 2 N–H and O–H groups in total. The van der Waals surface area contributed by atoms with Gasteiger partial charge in [-0.3, -0.25) is 4.79 Å². The second kappa shape index (κ2) is 7.76. The molecule has 0 aliphatic rings. The van der Waals surface area contributed by atoms with Gasteiger partial charge in [0.15, 0.2) is 0 Å². The molecule has 0 aromatic carbocycles. The van der Waals surface area contributed by atoms with Crippen molar-refractivity contribution in [3.63, 3.8) is 0 Å². The van der Waals surface area contributed by atoms with E-state index >= 15 is 0 Å². The summed E-state index contributed by atoms with van der Waals surface area (Å²) in [6, 6.07) is 0.389. The average molecular weight is 202 g/mol. The van der Waals surface area contributed by atoms with Crippen molar-refractivity contribution in [2.75, 3.05) is 20.2 Å². The van der Waals surface area contributed by atoms with Crippen LogP contribution < -0.4 is 10.6 Å². The highest BCUT2D eigenvalue weighted by molar-refractivity contribution is 5.78. The second-order valence-electron chi connectivity index (χ2n) is 3.54. The minimum absolute atomic E-state index is 0.0224. The van der Waals surface area contributed by atoms with Gasteiger partial charge in [-0.05, 0) is 20.3 Å². The van der Waals surface area contributed by atoms with Gasteiger partial charge in [-0.2, -0.15) is 0 Å². The van der Waals surface area contributed by atoms with Gasteiger partial charge in [0.1, 0.15) is 0 Å². The average Bonchev–Trinajstić information content (AvgIpc) is 2.22. The first-order valence-electron chi connectivity index (χ1n) is 5.13. The first kappa shape index (κ1) is 13.4. The lowest BCUT2D eigenvalue weighted by molar-refractivity contribution is -0.120. The Bertz CT molecular complexity index is 146.